The van der Waals surface area contributed by atoms with Crippen LogP contribution in [0.1, 0.15) is 12.7 Å². The maximum atomic E-state index is 4.73. The van der Waals surface area contributed by atoms with Crippen molar-refractivity contribution < 1.29 is 0 Å². The van der Waals surface area contributed by atoms with Crippen molar-refractivity contribution in [1.82, 2.24) is 20.6 Å². The highest BCUT2D eigenvalue weighted by Gasteiger charge is 1.96. The lowest BCUT2D eigenvalue weighted by Gasteiger charge is -1.78. The largest absolute Gasteiger partial charge is 0.211 e. The summed E-state index contributed by atoms with van der Waals surface area (Å²) in [7, 11) is 0. The zero-order valence-corrected chi connectivity index (χ0v) is 5.07. The molecule has 0 saturated carbocycles. The predicted molar refractivity (Wildman–Crippen MR) is 31.6 cm³/mol. The van der Waals surface area contributed by atoms with Crippen LogP contribution in [-0.4, -0.2) is 25.5 Å². The third-order valence-electron chi connectivity index (χ3n) is 0.660. The van der Waals surface area contributed by atoms with Crippen molar-refractivity contribution in [3.63, 3.8) is 0 Å². The quantitative estimate of drug-likeness (QED) is 0.425. The van der Waals surface area contributed by atoms with Crippen LogP contribution in [0.15, 0.2) is 0 Å². The minimum absolute atomic E-state index is 0.500. The molecule has 0 aliphatic heterocycles. The van der Waals surface area contributed by atoms with Crippen LogP contribution in [0, 0.1) is 0 Å². The summed E-state index contributed by atoms with van der Waals surface area (Å²) >= 11 is 4.73. The summed E-state index contributed by atoms with van der Waals surface area (Å²) in [6, 6.07) is 0. The maximum absolute atomic E-state index is 4.73. The first-order valence-corrected chi connectivity index (χ1v) is 2.46. The van der Waals surface area contributed by atoms with Gasteiger partial charge in [-0.25, -0.2) is 0 Å². The van der Waals surface area contributed by atoms with Gasteiger partial charge in [-0.05, 0) is 12.1 Å². The molecule has 1 heterocycles. The number of rotatable bonds is 1. The SMILES string of the molecule is CC(=S)c1nn[nH]n1. The van der Waals surface area contributed by atoms with E-state index in [1.54, 1.807) is 6.92 Å². The Labute approximate surface area is 51.3 Å². The predicted octanol–water partition coefficient (Wildman–Crippen LogP) is -0.0624. The Balaban J connectivity index is 2.93. The Morgan fingerprint density at radius 1 is 1.75 bits per heavy atom. The van der Waals surface area contributed by atoms with E-state index in [4.69, 9.17) is 12.2 Å². The monoisotopic (exact) mass is 128 g/mol. The van der Waals surface area contributed by atoms with Crippen LogP contribution in [0.5, 0.6) is 0 Å². The van der Waals surface area contributed by atoms with Crippen molar-refractivity contribution in [2.24, 2.45) is 0 Å². The molecule has 5 heteroatoms. The third-order valence-corrected chi connectivity index (χ3v) is 0.843. The lowest BCUT2D eigenvalue weighted by Crippen LogP contribution is -1.92. The summed E-state index contributed by atoms with van der Waals surface area (Å²) in [6.07, 6.45) is 0. The van der Waals surface area contributed by atoms with Gasteiger partial charge in [0.1, 0.15) is 0 Å². The first kappa shape index (κ1) is 5.30. The smallest absolute Gasteiger partial charge is 0.177 e. The molecule has 0 radical (unpaired) electrons. The minimum atomic E-state index is 0.500. The van der Waals surface area contributed by atoms with Crippen molar-refractivity contribution >= 4 is 17.1 Å². The van der Waals surface area contributed by atoms with E-state index in [9.17, 15) is 0 Å². The number of aromatic nitrogens is 4. The molecule has 0 saturated heterocycles. The van der Waals surface area contributed by atoms with Crippen LogP contribution < -0.4 is 0 Å². The number of tetrazole rings is 1. The summed E-state index contributed by atoms with van der Waals surface area (Å²) < 4.78 is 0. The number of hydrogen-bond acceptors (Lipinski definition) is 4. The highest BCUT2D eigenvalue weighted by molar-refractivity contribution is 7.80. The van der Waals surface area contributed by atoms with Gasteiger partial charge in [0.05, 0.1) is 4.86 Å². The van der Waals surface area contributed by atoms with E-state index >= 15 is 0 Å². The van der Waals surface area contributed by atoms with Crippen LogP contribution in [0.25, 0.3) is 0 Å². The molecule has 1 N–H and O–H groups in total. The normalized spacial score (nSPS) is 9.12. The van der Waals surface area contributed by atoms with E-state index in [2.05, 4.69) is 20.6 Å². The lowest BCUT2D eigenvalue weighted by molar-refractivity contribution is 0.881. The molecule has 0 amide bonds. The Morgan fingerprint density at radius 2 is 2.50 bits per heavy atom. The third kappa shape index (κ3) is 0.865. The van der Waals surface area contributed by atoms with Crippen molar-refractivity contribution in [1.29, 1.82) is 0 Å². The highest BCUT2D eigenvalue weighted by Crippen LogP contribution is 1.84. The molecule has 0 aliphatic carbocycles. The first-order valence-electron chi connectivity index (χ1n) is 2.05. The van der Waals surface area contributed by atoms with E-state index in [0.717, 1.165) is 0 Å². The zero-order chi connectivity index (χ0) is 5.98. The molecule has 8 heavy (non-hydrogen) atoms. The topological polar surface area (TPSA) is 54.5 Å². The van der Waals surface area contributed by atoms with Crippen molar-refractivity contribution in [2.45, 2.75) is 6.92 Å². The van der Waals surface area contributed by atoms with Crippen LogP contribution in [0.4, 0.5) is 0 Å². The number of nitrogens with zero attached hydrogens (tertiary/aromatic N) is 3. The van der Waals surface area contributed by atoms with Gasteiger partial charge in [0.25, 0.3) is 0 Å². The fourth-order valence-electron chi connectivity index (χ4n) is 0.311. The Morgan fingerprint density at radius 3 is 2.75 bits per heavy atom. The molecule has 1 aromatic rings. The van der Waals surface area contributed by atoms with E-state index in [1.807, 2.05) is 0 Å². The number of H-pyrrole nitrogens is 1. The molecule has 1 aromatic heterocycles. The van der Waals surface area contributed by atoms with Crippen molar-refractivity contribution in [2.75, 3.05) is 0 Å². The molecule has 0 spiro atoms. The fourth-order valence-corrected chi connectivity index (χ4v) is 0.397. The van der Waals surface area contributed by atoms with Gasteiger partial charge in [-0.2, -0.15) is 5.21 Å². The van der Waals surface area contributed by atoms with E-state index < -0.39 is 0 Å². The molecule has 0 fully saturated rings. The number of aromatic amines is 1. The molecule has 0 aromatic carbocycles. The number of nitrogens with one attached hydrogen (secondary N) is 1. The van der Waals surface area contributed by atoms with Gasteiger partial charge in [-0.1, -0.05) is 12.2 Å². The summed E-state index contributed by atoms with van der Waals surface area (Å²) in [4.78, 5) is 0.652. The van der Waals surface area contributed by atoms with Crippen LogP contribution in [0.2, 0.25) is 0 Å². The van der Waals surface area contributed by atoms with E-state index in [-0.39, 0.29) is 0 Å². The molecular formula is C3H4N4S. The second kappa shape index (κ2) is 1.95. The summed E-state index contributed by atoms with van der Waals surface area (Å²) in [6.45, 7) is 1.75. The van der Waals surface area contributed by atoms with Gasteiger partial charge in [-0.3, -0.25) is 0 Å². The molecule has 4 nitrogen and oxygen atoms in total. The summed E-state index contributed by atoms with van der Waals surface area (Å²) in [5.74, 6) is 0.500. The highest BCUT2D eigenvalue weighted by atomic mass is 32.1. The fraction of sp³-hybridized carbons (Fsp3) is 0.333. The zero-order valence-electron chi connectivity index (χ0n) is 4.25. The van der Waals surface area contributed by atoms with Gasteiger partial charge in [0.15, 0.2) is 0 Å². The van der Waals surface area contributed by atoms with Crippen molar-refractivity contribution in [3.05, 3.63) is 5.82 Å². The maximum Gasteiger partial charge on any atom is 0.211 e. The number of hydrogen-bond donors (Lipinski definition) is 1. The van der Waals surface area contributed by atoms with Gasteiger partial charge in [-0.15, -0.1) is 10.2 Å². The van der Waals surface area contributed by atoms with Gasteiger partial charge >= 0.3 is 0 Å². The lowest BCUT2D eigenvalue weighted by atomic mass is 10.5. The van der Waals surface area contributed by atoms with E-state index in [0.29, 0.717) is 10.7 Å². The van der Waals surface area contributed by atoms with Crippen molar-refractivity contribution in [3.8, 4) is 0 Å². The molecule has 0 unspecified atom stereocenters. The van der Waals surface area contributed by atoms with Crippen LogP contribution in [0.3, 0.4) is 0 Å². The van der Waals surface area contributed by atoms with Gasteiger partial charge in [0, 0.05) is 0 Å². The Hall–Kier alpha value is -0.840. The van der Waals surface area contributed by atoms with Crippen LogP contribution in [-0.2, 0) is 0 Å². The molecule has 0 aliphatic rings. The first-order chi connectivity index (χ1) is 3.80. The Bertz CT molecular complexity index is 179. The molecule has 1 rings (SSSR count). The van der Waals surface area contributed by atoms with Gasteiger partial charge in [0.2, 0.25) is 5.82 Å². The second-order valence-corrected chi connectivity index (χ2v) is 1.90. The average molecular weight is 128 g/mol. The van der Waals surface area contributed by atoms with E-state index in [1.165, 1.54) is 0 Å². The van der Waals surface area contributed by atoms with Gasteiger partial charge < -0.3 is 0 Å². The second-order valence-electron chi connectivity index (χ2n) is 1.29. The summed E-state index contributed by atoms with van der Waals surface area (Å²) in [5.41, 5.74) is 0. The van der Waals surface area contributed by atoms with Crippen LogP contribution >= 0.6 is 12.2 Å². The average Bonchev–Trinajstić information content (AvgIpc) is 2.12. The molecule has 42 valence electrons. The Kier molecular flexibility index (Phi) is 1.29. The molecule has 0 atom stereocenters. The number of thiocarbonyl (C=S) groups is 1. The minimum Gasteiger partial charge on any atom is -0.177 e. The molecule has 0 bridgehead atoms. The molecular weight excluding hydrogens is 124 g/mol. The standard InChI is InChI=1S/C3H4N4S/c1-2(8)3-4-6-7-5-3/h1H3,(H,4,5,6,7). The summed E-state index contributed by atoms with van der Waals surface area (Å²) in [5, 5.41) is 12.9.